The average Bonchev–Trinajstić information content (AvgIpc) is 2.88. The molecule has 0 radical (unpaired) electrons. The fraction of sp³-hybridized carbons (Fsp3) is 0.158. The van der Waals surface area contributed by atoms with Crippen molar-refractivity contribution in [3.63, 3.8) is 0 Å². The second-order valence-electron chi connectivity index (χ2n) is 6.19. The summed E-state index contributed by atoms with van der Waals surface area (Å²) in [5, 5.41) is 18.5. The number of aryl methyl sites for hydroxylation is 1. The second kappa shape index (κ2) is 6.88. The van der Waals surface area contributed by atoms with Gasteiger partial charge >= 0.3 is 0 Å². The maximum absolute atomic E-state index is 12.3. The Bertz CT molecular complexity index is 1030. The monoisotopic (exact) mass is 380 g/mol. The number of benzene rings is 2. The van der Waals surface area contributed by atoms with Crippen LogP contribution in [0.1, 0.15) is 22.1 Å². The van der Waals surface area contributed by atoms with Crippen molar-refractivity contribution in [3.05, 3.63) is 81.5 Å². The Hall–Kier alpha value is -3.13. The number of rotatable bonds is 3. The molecule has 1 atom stereocenters. The van der Waals surface area contributed by atoms with Gasteiger partial charge in [0.1, 0.15) is 5.82 Å². The average molecular weight is 380 g/mol. The Morgan fingerprint density at radius 3 is 2.74 bits per heavy atom. The summed E-state index contributed by atoms with van der Waals surface area (Å²) < 4.78 is 1.72. The number of nitro groups is 1. The van der Waals surface area contributed by atoms with E-state index in [0.29, 0.717) is 5.82 Å². The van der Waals surface area contributed by atoms with E-state index in [0.717, 1.165) is 22.5 Å². The molecule has 1 N–H and O–H groups in total. The van der Waals surface area contributed by atoms with E-state index in [9.17, 15) is 14.9 Å². The molecule has 1 aliphatic heterocycles. The zero-order chi connectivity index (χ0) is 19.0. The molecule has 0 unspecified atom stereocenters. The largest absolute Gasteiger partial charge is 0.310 e. The molecular formula is C19H16N4O3S. The van der Waals surface area contributed by atoms with Crippen LogP contribution in [-0.2, 0) is 4.79 Å². The number of thioether (sulfide) groups is 1. The van der Waals surface area contributed by atoms with Gasteiger partial charge in [0.2, 0.25) is 5.91 Å². The van der Waals surface area contributed by atoms with Crippen LogP contribution >= 0.6 is 11.8 Å². The number of nitrogens with zero attached hydrogens (tertiary/aromatic N) is 3. The third-order valence-electron chi connectivity index (χ3n) is 4.39. The number of carbonyl (C=O) groups excluding carboxylic acids is 1. The first-order chi connectivity index (χ1) is 13.0. The van der Waals surface area contributed by atoms with Crippen LogP contribution in [0.2, 0.25) is 0 Å². The number of fused-ring (bicyclic) bond motifs is 1. The number of para-hydroxylation sites is 1. The van der Waals surface area contributed by atoms with E-state index >= 15 is 0 Å². The van der Waals surface area contributed by atoms with Crippen molar-refractivity contribution < 1.29 is 9.72 Å². The van der Waals surface area contributed by atoms with E-state index in [1.165, 1.54) is 17.8 Å². The van der Waals surface area contributed by atoms with E-state index < -0.39 is 4.92 Å². The first-order valence-electron chi connectivity index (χ1n) is 8.35. The molecule has 0 spiro atoms. The summed E-state index contributed by atoms with van der Waals surface area (Å²) in [7, 11) is 0. The number of anilines is 1. The highest BCUT2D eigenvalue weighted by Gasteiger charge is 2.31. The molecule has 0 saturated carbocycles. The minimum Gasteiger partial charge on any atom is -0.310 e. The number of aromatic nitrogens is 2. The molecule has 1 aliphatic rings. The molecule has 0 aliphatic carbocycles. The summed E-state index contributed by atoms with van der Waals surface area (Å²) in [6, 6.07) is 16.1. The lowest BCUT2D eigenvalue weighted by Gasteiger charge is -2.15. The number of amides is 1. The molecule has 0 saturated heterocycles. The molecule has 4 rings (SSSR count). The number of non-ortho nitro benzene ring substituents is 1. The van der Waals surface area contributed by atoms with Gasteiger partial charge in [-0.15, -0.1) is 11.8 Å². The lowest BCUT2D eigenvalue weighted by molar-refractivity contribution is -0.384. The lowest BCUT2D eigenvalue weighted by Crippen LogP contribution is -2.15. The van der Waals surface area contributed by atoms with Crippen LogP contribution in [0.25, 0.3) is 5.69 Å². The van der Waals surface area contributed by atoms with Crippen LogP contribution in [0.3, 0.4) is 0 Å². The van der Waals surface area contributed by atoms with E-state index in [2.05, 4.69) is 10.4 Å². The van der Waals surface area contributed by atoms with Gasteiger partial charge in [-0.3, -0.25) is 14.9 Å². The van der Waals surface area contributed by atoms with Gasteiger partial charge in [0.05, 0.1) is 27.3 Å². The summed E-state index contributed by atoms with van der Waals surface area (Å²) in [4.78, 5) is 23.1. The predicted octanol–water partition coefficient (Wildman–Crippen LogP) is 3.86. The fourth-order valence-corrected chi connectivity index (χ4v) is 4.38. The maximum atomic E-state index is 12.3. The lowest BCUT2D eigenvalue weighted by atomic mass is 10.0. The topological polar surface area (TPSA) is 90.1 Å². The van der Waals surface area contributed by atoms with Crippen LogP contribution in [0.5, 0.6) is 0 Å². The third-order valence-corrected chi connectivity index (χ3v) is 5.66. The number of carbonyl (C=O) groups is 1. The van der Waals surface area contributed by atoms with Gasteiger partial charge in [0.15, 0.2) is 0 Å². The molecule has 27 heavy (non-hydrogen) atoms. The summed E-state index contributed by atoms with van der Waals surface area (Å²) in [5.74, 6) is 0.757. The van der Waals surface area contributed by atoms with E-state index in [-0.39, 0.29) is 22.6 Å². The Balaban J connectivity index is 1.88. The van der Waals surface area contributed by atoms with Crippen LogP contribution in [0.4, 0.5) is 11.5 Å². The summed E-state index contributed by atoms with van der Waals surface area (Å²) in [5.41, 5.74) is 3.30. The normalized spacial score (nSPS) is 16.3. The van der Waals surface area contributed by atoms with E-state index in [1.54, 1.807) is 16.8 Å². The summed E-state index contributed by atoms with van der Waals surface area (Å²) in [6.07, 6.45) is 0. The molecule has 3 aromatic rings. The summed E-state index contributed by atoms with van der Waals surface area (Å²) >= 11 is 1.44. The summed E-state index contributed by atoms with van der Waals surface area (Å²) in [6.45, 7) is 1.89. The maximum Gasteiger partial charge on any atom is 0.269 e. The van der Waals surface area contributed by atoms with Gasteiger partial charge < -0.3 is 5.32 Å². The molecule has 0 bridgehead atoms. The molecule has 2 aromatic carbocycles. The smallest absolute Gasteiger partial charge is 0.269 e. The molecule has 1 amide bonds. The van der Waals surface area contributed by atoms with Gasteiger partial charge in [-0.2, -0.15) is 5.10 Å². The van der Waals surface area contributed by atoms with Crippen LogP contribution < -0.4 is 5.32 Å². The van der Waals surface area contributed by atoms with Gasteiger partial charge in [-0.1, -0.05) is 30.3 Å². The molecule has 1 aromatic heterocycles. The minimum atomic E-state index is -0.407. The minimum absolute atomic E-state index is 0.0336. The molecule has 8 heteroatoms. The SMILES string of the molecule is Cc1nn(-c2ccccc2)c2c1[C@@H](c1cccc([N+](=O)[O-])c1)SCC(=O)N2. The first kappa shape index (κ1) is 17.3. The van der Waals surface area contributed by atoms with Crippen molar-refractivity contribution in [3.8, 4) is 5.69 Å². The van der Waals surface area contributed by atoms with E-state index in [1.807, 2.05) is 43.3 Å². The number of hydrogen-bond donors (Lipinski definition) is 1. The van der Waals surface area contributed by atoms with Crippen LogP contribution in [0.15, 0.2) is 54.6 Å². The Labute approximate surface area is 159 Å². The molecular weight excluding hydrogens is 364 g/mol. The van der Waals surface area contributed by atoms with Crippen molar-refractivity contribution in [1.82, 2.24) is 9.78 Å². The second-order valence-corrected chi connectivity index (χ2v) is 7.28. The van der Waals surface area contributed by atoms with Crippen molar-refractivity contribution in [2.45, 2.75) is 12.2 Å². The highest BCUT2D eigenvalue weighted by molar-refractivity contribution is 8.00. The number of nitrogens with one attached hydrogen (secondary N) is 1. The van der Waals surface area contributed by atoms with Gasteiger partial charge in [-0.25, -0.2) is 4.68 Å². The molecule has 136 valence electrons. The quantitative estimate of drug-likeness (QED) is 0.550. The fourth-order valence-electron chi connectivity index (χ4n) is 3.20. The van der Waals surface area contributed by atoms with Crippen molar-refractivity contribution in [2.24, 2.45) is 0 Å². The standard InChI is InChI=1S/C19H16N4O3S/c1-12-17-18(13-6-5-9-15(10-13)23(25)26)27-11-16(24)20-19(17)22(21-12)14-7-3-2-4-8-14/h2-10,18H,11H2,1H3,(H,20,24)/t18-/m1/s1. The van der Waals surface area contributed by atoms with Crippen LogP contribution in [-0.4, -0.2) is 26.4 Å². The van der Waals surface area contributed by atoms with Crippen molar-refractivity contribution >= 4 is 29.2 Å². The first-order valence-corrected chi connectivity index (χ1v) is 9.40. The van der Waals surface area contributed by atoms with Crippen LogP contribution in [0, 0.1) is 17.0 Å². The number of nitro benzene ring substituents is 1. The van der Waals surface area contributed by atoms with Gasteiger partial charge in [0.25, 0.3) is 5.69 Å². The van der Waals surface area contributed by atoms with Crippen molar-refractivity contribution in [2.75, 3.05) is 11.1 Å². The molecule has 0 fully saturated rings. The highest BCUT2D eigenvalue weighted by Crippen LogP contribution is 2.44. The predicted molar refractivity (Wildman–Crippen MR) is 104 cm³/mol. The molecule has 2 heterocycles. The Morgan fingerprint density at radius 1 is 1.22 bits per heavy atom. The third kappa shape index (κ3) is 3.19. The Morgan fingerprint density at radius 2 is 2.00 bits per heavy atom. The van der Waals surface area contributed by atoms with Crippen molar-refractivity contribution in [1.29, 1.82) is 0 Å². The number of hydrogen-bond acceptors (Lipinski definition) is 5. The highest BCUT2D eigenvalue weighted by atomic mass is 32.2. The zero-order valence-electron chi connectivity index (χ0n) is 14.5. The molecule has 7 nitrogen and oxygen atoms in total. The zero-order valence-corrected chi connectivity index (χ0v) is 15.3. The Kier molecular flexibility index (Phi) is 4.41. The van der Waals surface area contributed by atoms with Gasteiger partial charge in [-0.05, 0) is 24.6 Å². The van der Waals surface area contributed by atoms with Gasteiger partial charge in [0, 0.05) is 17.7 Å². The van der Waals surface area contributed by atoms with E-state index in [4.69, 9.17) is 0 Å².